The standard InChI is InChI=1S/C18H26N2O3/c1-2-3-13-23-16-10-8-15(9-11-16)19-17(21)14-20-12-6-4-5-7-18(20)22/h8-11H,2-7,12-14H2,1H3,(H,19,21). The number of hydrogen-bond donors (Lipinski definition) is 1. The quantitative estimate of drug-likeness (QED) is 0.785. The smallest absolute Gasteiger partial charge is 0.243 e. The van der Waals surface area contributed by atoms with Crippen LogP contribution in [0.4, 0.5) is 5.69 Å². The molecule has 1 N–H and O–H groups in total. The van der Waals surface area contributed by atoms with Gasteiger partial charge in [-0.3, -0.25) is 9.59 Å². The summed E-state index contributed by atoms with van der Waals surface area (Å²) in [6, 6.07) is 7.34. The van der Waals surface area contributed by atoms with E-state index in [9.17, 15) is 9.59 Å². The number of carbonyl (C=O) groups excluding carboxylic acids is 2. The van der Waals surface area contributed by atoms with E-state index in [1.807, 2.05) is 24.3 Å². The Morgan fingerprint density at radius 2 is 2.00 bits per heavy atom. The number of nitrogens with zero attached hydrogens (tertiary/aromatic N) is 1. The van der Waals surface area contributed by atoms with Crippen molar-refractivity contribution < 1.29 is 14.3 Å². The number of carbonyl (C=O) groups is 2. The molecule has 0 unspecified atom stereocenters. The van der Waals surface area contributed by atoms with Gasteiger partial charge in [0.15, 0.2) is 0 Å². The normalized spacial score (nSPS) is 15.2. The van der Waals surface area contributed by atoms with E-state index in [-0.39, 0.29) is 18.4 Å². The molecule has 1 aromatic rings. The minimum Gasteiger partial charge on any atom is -0.494 e. The molecule has 0 aliphatic carbocycles. The molecule has 2 rings (SSSR count). The van der Waals surface area contributed by atoms with E-state index >= 15 is 0 Å². The van der Waals surface area contributed by atoms with Gasteiger partial charge in [-0.2, -0.15) is 0 Å². The average molecular weight is 318 g/mol. The summed E-state index contributed by atoms with van der Waals surface area (Å²) in [4.78, 5) is 25.7. The number of ether oxygens (including phenoxy) is 1. The highest BCUT2D eigenvalue weighted by atomic mass is 16.5. The number of unbranched alkanes of at least 4 members (excludes halogenated alkanes) is 1. The zero-order valence-electron chi connectivity index (χ0n) is 13.8. The lowest BCUT2D eigenvalue weighted by atomic mass is 10.2. The summed E-state index contributed by atoms with van der Waals surface area (Å²) >= 11 is 0. The third-order valence-electron chi connectivity index (χ3n) is 3.91. The predicted octanol–water partition coefficient (Wildman–Crippen LogP) is 3.21. The summed E-state index contributed by atoms with van der Waals surface area (Å²) in [5, 5.41) is 2.84. The second kappa shape index (κ2) is 9.18. The van der Waals surface area contributed by atoms with Crippen molar-refractivity contribution in [2.45, 2.75) is 45.4 Å². The maximum Gasteiger partial charge on any atom is 0.243 e. The molecule has 1 fully saturated rings. The van der Waals surface area contributed by atoms with Crippen molar-refractivity contribution in [3.05, 3.63) is 24.3 Å². The zero-order valence-corrected chi connectivity index (χ0v) is 13.8. The molecule has 2 amide bonds. The molecule has 0 saturated carbocycles. The molecule has 0 spiro atoms. The predicted molar refractivity (Wildman–Crippen MR) is 90.5 cm³/mol. The van der Waals surface area contributed by atoms with E-state index < -0.39 is 0 Å². The van der Waals surface area contributed by atoms with Crippen LogP contribution in [0.2, 0.25) is 0 Å². The lowest BCUT2D eigenvalue weighted by Gasteiger charge is -2.19. The van der Waals surface area contributed by atoms with Crippen LogP contribution in [0.1, 0.15) is 45.4 Å². The van der Waals surface area contributed by atoms with Gasteiger partial charge in [0, 0.05) is 18.7 Å². The van der Waals surface area contributed by atoms with Crippen LogP contribution in [0.3, 0.4) is 0 Å². The maximum absolute atomic E-state index is 12.1. The van der Waals surface area contributed by atoms with Crippen molar-refractivity contribution in [3.8, 4) is 5.75 Å². The van der Waals surface area contributed by atoms with Crippen LogP contribution in [-0.4, -0.2) is 36.4 Å². The van der Waals surface area contributed by atoms with Crippen molar-refractivity contribution in [2.24, 2.45) is 0 Å². The van der Waals surface area contributed by atoms with Crippen molar-refractivity contribution in [3.63, 3.8) is 0 Å². The molecule has 1 aliphatic rings. The molecule has 0 radical (unpaired) electrons. The van der Waals surface area contributed by atoms with Gasteiger partial charge in [0.25, 0.3) is 0 Å². The maximum atomic E-state index is 12.1. The van der Waals surface area contributed by atoms with Crippen LogP contribution in [0, 0.1) is 0 Å². The number of likely N-dealkylation sites (tertiary alicyclic amines) is 1. The van der Waals surface area contributed by atoms with Crippen molar-refractivity contribution >= 4 is 17.5 Å². The number of benzene rings is 1. The Labute approximate surface area is 138 Å². The number of nitrogens with one attached hydrogen (secondary N) is 1. The Morgan fingerprint density at radius 1 is 1.22 bits per heavy atom. The second-order valence-electron chi connectivity index (χ2n) is 5.90. The SMILES string of the molecule is CCCCOc1ccc(NC(=O)CN2CCCCCC2=O)cc1. The fourth-order valence-electron chi connectivity index (χ4n) is 2.55. The third kappa shape index (κ3) is 5.93. The highest BCUT2D eigenvalue weighted by molar-refractivity contribution is 5.94. The highest BCUT2D eigenvalue weighted by Crippen LogP contribution is 2.16. The Hall–Kier alpha value is -2.04. The van der Waals surface area contributed by atoms with E-state index in [0.717, 1.165) is 43.5 Å². The van der Waals surface area contributed by atoms with Gasteiger partial charge in [-0.25, -0.2) is 0 Å². The Kier molecular flexibility index (Phi) is 6.91. The van der Waals surface area contributed by atoms with E-state index in [0.29, 0.717) is 19.6 Å². The lowest BCUT2D eigenvalue weighted by Crippen LogP contribution is -2.37. The Balaban J connectivity index is 1.81. The minimum absolute atomic E-state index is 0.0809. The summed E-state index contributed by atoms with van der Waals surface area (Å²) in [5.74, 6) is 0.733. The summed E-state index contributed by atoms with van der Waals surface area (Å²) in [5.41, 5.74) is 0.722. The largest absolute Gasteiger partial charge is 0.494 e. The van der Waals surface area contributed by atoms with Crippen LogP contribution in [0.5, 0.6) is 5.75 Å². The van der Waals surface area contributed by atoms with Crippen LogP contribution >= 0.6 is 0 Å². The number of anilines is 1. The molecule has 0 aromatic heterocycles. The number of hydrogen-bond acceptors (Lipinski definition) is 3. The monoisotopic (exact) mass is 318 g/mol. The van der Waals surface area contributed by atoms with Crippen molar-refractivity contribution in [1.82, 2.24) is 4.90 Å². The van der Waals surface area contributed by atoms with Gasteiger partial charge in [-0.15, -0.1) is 0 Å². The van der Waals surface area contributed by atoms with Crippen LogP contribution in [-0.2, 0) is 9.59 Å². The molecular formula is C18H26N2O3. The van der Waals surface area contributed by atoms with Crippen LogP contribution in [0.15, 0.2) is 24.3 Å². The van der Waals surface area contributed by atoms with E-state index in [2.05, 4.69) is 12.2 Å². The molecule has 0 bridgehead atoms. The summed E-state index contributed by atoms with van der Waals surface area (Å²) in [6.07, 6.45) is 5.64. The van der Waals surface area contributed by atoms with Gasteiger partial charge in [0.05, 0.1) is 13.2 Å². The van der Waals surface area contributed by atoms with E-state index in [1.54, 1.807) is 4.90 Å². The minimum atomic E-state index is -0.153. The van der Waals surface area contributed by atoms with Crippen molar-refractivity contribution in [1.29, 1.82) is 0 Å². The van der Waals surface area contributed by atoms with Gasteiger partial charge in [-0.1, -0.05) is 19.8 Å². The molecule has 1 saturated heterocycles. The number of amides is 2. The fraction of sp³-hybridized carbons (Fsp3) is 0.556. The first kappa shape index (κ1) is 17.3. The van der Waals surface area contributed by atoms with Gasteiger partial charge in [0.2, 0.25) is 11.8 Å². The average Bonchev–Trinajstić information content (AvgIpc) is 2.74. The molecule has 1 heterocycles. The van der Waals surface area contributed by atoms with Gasteiger partial charge >= 0.3 is 0 Å². The first-order valence-corrected chi connectivity index (χ1v) is 8.49. The van der Waals surface area contributed by atoms with Crippen molar-refractivity contribution in [2.75, 3.05) is 25.0 Å². The lowest BCUT2D eigenvalue weighted by molar-refractivity contribution is -0.134. The van der Waals surface area contributed by atoms with Crippen LogP contribution in [0.25, 0.3) is 0 Å². The third-order valence-corrected chi connectivity index (χ3v) is 3.91. The van der Waals surface area contributed by atoms with Crippen LogP contribution < -0.4 is 10.1 Å². The summed E-state index contributed by atoms with van der Waals surface area (Å²) in [6.45, 7) is 3.64. The fourth-order valence-corrected chi connectivity index (χ4v) is 2.55. The molecule has 126 valence electrons. The van der Waals surface area contributed by atoms with Gasteiger partial charge in [0.1, 0.15) is 5.75 Å². The Morgan fingerprint density at radius 3 is 2.74 bits per heavy atom. The topological polar surface area (TPSA) is 58.6 Å². The summed E-state index contributed by atoms with van der Waals surface area (Å²) in [7, 11) is 0. The second-order valence-corrected chi connectivity index (χ2v) is 5.90. The van der Waals surface area contributed by atoms with E-state index in [1.165, 1.54) is 0 Å². The molecule has 5 heteroatoms. The highest BCUT2D eigenvalue weighted by Gasteiger charge is 2.19. The van der Waals surface area contributed by atoms with E-state index in [4.69, 9.17) is 4.74 Å². The number of rotatable bonds is 7. The molecule has 0 atom stereocenters. The molecule has 23 heavy (non-hydrogen) atoms. The summed E-state index contributed by atoms with van der Waals surface area (Å²) < 4.78 is 5.59. The first-order chi connectivity index (χ1) is 11.2. The zero-order chi connectivity index (χ0) is 16.5. The molecule has 5 nitrogen and oxygen atoms in total. The molecule has 1 aromatic carbocycles. The van der Waals surface area contributed by atoms with Gasteiger partial charge in [-0.05, 0) is 43.5 Å². The Bertz CT molecular complexity index is 514. The van der Waals surface area contributed by atoms with Gasteiger partial charge < -0.3 is 15.0 Å². The first-order valence-electron chi connectivity index (χ1n) is 8.49. The molecular weight excluding hydrogens is 292 g/mol. The molecule has 1 aliphatic heterocycles.